The lowest BCUT2D eigenvalue weighted by molar-refractivity contribution is -0.137. The van der Waals surface area contributed by atoms with E-state index in [0.717, 1.165) is 22.6 Å². The van der Waals surface area contributed by atoms with Gasteiger partial charge in [0.2, 0.25) is 0 Å². The number of hydrogen-bond acceptors (Lipinski definition) is 6. The van der Waals surface area contributed by atoms with Gasteiger partial charge in [-0.15, -0.1) is 0 Å². The molecule has 234 valence electrons. The van der Waals surface area contributed by atoms with Crippen LogP contribution in [0.1, 0.15) is 27.0 Å². The van der Waals surface area contributed by atoms with E-state index in [-0.39, 0.29) is 12.2 Å². The number of aliphatic carboxylic acids is 1. The minimum atomic E-state index is -1.01. The zero-order chi connectivity index (χ0) is 32.3. The number of ether oxygens (including phenoxy) is 2. The van der Waals surface area contributed by atoms with Crippen molar-refractivity contribution in [2.75, 3.05) is 30.5 Å². The van der Waals surface area contributed by atoms with E-state index < -0.39 is 12.0 Å². The lowest BCUT2D eigenvalue weighted by atomic mass is 10.00. The summed E-state index contributed by atoms with van der Waals surface area (Å²) >= 11 is 6.30. The number of rotatable bonds is 15. The van der Waals surface area contributed by atoms with Crippen LogP contribution in [0.25, 0.3) is 0 Å². The Hall–Kier alpha value is -5.27. The van der Waals surface area contributed by atoms with Gasteiger partial charge < -0.3 is 24.8 Å². The molecule has 0 aromatic heterocycles. The van der Waals surface area contributed by atoms with Gasteiger partial charge in [0.15, 0.2) is 5.78 Å². The highest BCUT2D eigenvalue weighted by molar-refractivity contribution is 6.30. The van der Waals surface area contributed by atoms with Crippen LogP contribution < -0.4 is 19.7 Å². The predicted octanol–water partition coefficient (Wildman–Crippen LogP) is 7.77. The minimum absolute atomic E-state index is 0.174. The van der Waals surface area contributed by atoms with E-state index in [1.165, 1.54) is 0 Å². The first-order chi connectivity index (χ1) is 22.4. The first-order valence-corrected chi connectivity index (χ1v) is 15.3. The number of anilines is 2. The molecule has 0 radical (unpaired) electrons. The van der Waals surface area contributed by atoms with E-state index in [0.29, 0.717) is 47.3 Å². The van der Waals surface area contributed by atoms with Crippen molar-refractivity contribution < 1.29 is 24.2 Å². The van der Waals surface area contributed by atoms with Gasteiger partial charge in [0.25, 0.3) is 0 Å². The number of carboxylic acids is 1. The first-order valence-electron chi connectivity index (χ1n) is 14.9. The first kappa shape index (κ1) is 32.1. The number of benzene rings is 5. The number of para-hydroxylation sites is 1. The summed E-state index contributed by atoms with van der Waals surface area (Å²) < 4.78 is 11.5. The molecular formula is C38H35ClN2O5. The monoisotopic (exact) mass is 634 g/mol. The number of methoxy groups -OCH3 is 1. The average Bonchev–Trinajstić information content (AvgIpc) is 3.08. The SMILES string of the molecule is COc1cccc(CN(CCOc2ccc(CC(Nc3ccccc3C(=O)c3ccccc3)C(=O)O)cc2)c2cccc(Cl)c2)c1. The zero-order valence-electron chi connectivity index (χ0n) is 25.4. The van der Waals surface area contributed by atoms with Gasteiger partial charge in [0.1, 0.15) is 24.1 Å². The molecule has 0 aliphatic rings. The Kier molecular flexibility index (Phi) is 10.9. The number of carbonyl (C=O) groups excluding carboxylic acids is 1. The van der Waals surface area contributed by atoms with Crippen molar-refractivity contribution in [2.24, 2.45) is 0 Å². The van der Waals surface area contributed by atoms with E-state index in [2.05, 4.69) is 16.3 Å². The third-order valence-corrected chi connectivity index (χ3v) is 7.74. The maximum absolute atomic E-state index is 13.1. The van der Waals surface area contributed by atoms with E-state index in [1.807, 2.05) is 72.8 Å². The third kappa shape index (κ3) is 8.67. The highest BCUT2D eigenvalue weighted by atomic mass is 35.5. The zero-order valence-corrected chi connectivity index (χ0v) is 26.2. The van der Waals surface area contributed by atoms with Crippen molar-refractivity contribution in [2.45, 2.75) is 19.0 Å². The molecule has 0 fully saturated rings. The van der Waals surface area contributed by atoms with Gasteiger partial charge in [-0.2, -0.15) is 0 Å². The Balaban J connectivity index is 1.22. The summed E-state index contributed by atoms with van der Waals surface area (Å²) in [6.07, 6.45) is 0.215. The maximum Gasteiger partial charge on any atom is 0.326 e. The fraction of sp³-hybridized carbons (Fsp3) is 0.158. The molecule has 46 heavy (non-hydrogen) atoms. The fourth-order valence-corrected chi connectivity index (χ4v) is 5.32. The van der Waals surface area contributed by atoms with Gasteiger partial charge in [0, 0.05) is 40.5 Å². The van der Waals surface area contributed by atoms with Crippen LogP contribution in [-0.4, -0.2) is 43.2 Å². The van der Waals surface area contributed by atoms with Crippen LogP contribution in [0.4, 0.5) is 11.4 Å². The Morgan fingerprint density at radius 2 is 1.54 bits per heavy atom. The van der Waals surface area contributed by atoms with Crippen LogP contribution >= 0.6 is 11.6 Å². The molecule has 0 bridgehead atoms. The molecule has 1 unspecified atom stereocenters. The summed E-state index contributed by atoms with van der Waals surface area (Å²) in [7, 11) is 1.65. The summed E-state index contributed by atoms with van der Waals surface area (Å²) in [5.74, 6) is 0.283. The summed E-state index contributed by atoms with van der Waals surface area (Å²) in [6, 6.07) is 38.0. The number of carbonyl (C=O) groups is 2. The Morgan fingerprint density at radius 3 is 2.28 bits per heavy atom. The molecule has 0 aliphatic heterocycles. The van der Waals surface area contributed by atoms with Crippen LogP contribution in [0.2, 0.25) is 5.02 Å². The highest BCUT2D eigenvalue weighted by Crippen LogP contribution is 2.24. The molecule has 0 aliphatic carbocycles. The summed E-state index contributed by atoms with van der Waals surface area (Å²) in [5.41, 5.74) is 4.32. The molecule has 5 aromatic rings. The molecule has 7 nitrogen and oxygen atoms in total. The van der Waals surface area contributed by atoms with Gasteiger partial charge in [-0.1, -0.05) is 84.4 Å². The molecule has 0 amide bonds. The van der Waals surface area contributed by atoms with Crippen LogP contribution in [0.5, 0.6) is 11.5 Å². The van der Waals surface area contributed by atoms with Gasteiger partial charge >= 0.3 is 5.97 Å². The van der Waals surface area contributed by atoms with Crippen LogP contribution in [-0.2, 0) is 17.8 Å². The third-order valence-electron chi connectivity index (χ3n) is 7.51. The Labute approximate surface area is 274 Å². The molecule has 0 saturated carbocycles. The molecule has 1 atom stereocenters. The van der Waals surface area contributed by atoms with Gasteiger partial charge in [-0.05, 0) is 65.7 Å². The second kappa shape index (κ2) is 15.6. The van der Waals surface area contributed by atoms with E-state index in [4.69, 9.17) is 21.1 Å². The van der Waals surface area contributed by atoms with E-state index >= 15 is 0 Å². The molecule has 0 saturated heterocycles. The largest absolute Gasteiger partial charge is 0.497 e. The molecule has 5 rings (SSSR count). The second-order valence-corrected chi connectivity index (χ2v) is 11.2. The molecule has 8 heteroatoms. The van der Waals surface area contributed by atoms with Crippen molar-refractivity contribution in [1.82, 2.24) is 0 Å². The maximum atomic E-state index is 13.1. The quantitative estimate of drug-likeness (QED) is 0.114. The molecule has 0 spiro atoms. The number of ketones is 1. The van der Waals surface area contributed by atoms with E-state index in [9.17, 15) is 14.7 Å². The van der Waals surface area contributed by atoms with Crippen molar-refractivity contribution in [3.8, 4) is 11.5 Å². The number of carboxylic acid groups (broad SMARTS) is 1. The van der Waals surface area contributed by atoms with Crippen molar-refractivity contribution in [3.63, 3.8) is 0 Å². The summed E-state index contributed by atoms with van der Waals surface area (Å²) in [4.78, 5) is 27.6. The van der Waals surface area contributed by atoms with Crippen molar-refractivity contribution >= 4 is 34.7 Å². The second-order valence-electron chi connectivity index (χ2n) is 10.7. The number of nitrogens with zero attached hydrogens (tertiary/aromatic N) is 1. The summed E-state index contributed by atoms with van der Waals surface area (Å²) in [6.45, 7) is 1.66. The lowest BCUT2D eigenvalue weighted by Crippen LogP contribution is -2.32. The molecule has 5 aromatic carbocycles. The number of halogens is 1. The molecular weight excluding hydrogens is 600 g/mol. The standard InChI is InChI=1S/C38H35ClN2O5/c1-45-33-14-7-9-28(23-33)26-41(31-13-8-12-30(39)25-31)21-22-46-32-19-17-27(18-20-32)24-36(38(43)44)40-35-16-6-5-15-34(35)37(42)29-10-3-2-4-11-29/h2-20,23,25,36,40H,21-22,24,26H2,1H3,(H,43,44). The molecule has 2 N–H and O–H groups in total. The Morgan fingerprint density at radius 1 is 0.804 bits per heavy atom. The average molecular weight is 635 g/mol. The number of nitrogens with one attached hydrogen (secondary N) is 1. The topological polar surface area (TPSA) is 88.1 Å². The van der Waals surface area contributed by atoms with Gasteiger partial charge in [-0.25, -0.2) is 4.79 Å². The smallest absolute Gasteiger partial charge is 0.326 e. The highest BCUT2D eigenvalue weighted by Gasteiger charge is 2.21. The van der Waals surface area contributed by atoms with Crippen molar-refractivity contribution in [3.05, 3.63) is 155 Å². The van der Waals surface area contributed by atoms with E-state index in [1.54, 1.807) is 55.6 Å². The Bertz CT molecular complexity index is 1760. The number of hydrogen-bond donors (Lipinski definition) is 2. The van der Waals surface area contributed by atoms with Gasteiger partial charge in [0.05, 0.1) is 13.7 Å². The molecule has 0 heterocycles. The fourth-order valence-electron chi connectivity index (χ4n) is 5.13. The van der Waals surface area contributed by atoms with Crippen LogP contribution in [0.3, 0.4) is 0 Å². The van der Waals surface area contributed by atoms with Crippen LogP contribution in [0.15, 0.2) is 127 Å². The summed E-state index contributed by atoms with van der Waals surface area (Å²) in [5, 5.41) is 13.8. The normalized spacial score (nSPS) is 11.3. The lowest BCUT2D eigenvalue weighted by Gasteiger charge is -2.25. The van der Waals surface area contributed by atoms with Gasteiger partial charge in [-0.3, -0.25) is 4.79 Å². The minimum Gasteiger partial charge on any atom is -0.497 e. The van der Waals surface area contributed by atoms with Crippen molar-refractivity contribution in [1.29, 1.82) is 0 Å². The van der Waals surface area contributed by atoms with Crippen LogP contribution in [0, 0.1) is 0 Å². The predicted molar refractivity (Wildman–Crippen MR) is 182 cm³/mol.